The summed E-state index contributed by atoms with van der Waals surface area (Å²) in [5.41, 5.74) is 8.85. The number of aromatic nitrogens is 4. The molecule has 1 aliphatic heterocycles. The van der Waals surface area contributed by atoms with E-state index in [0.717, 1.165) is 53.3 Å². The highest BCUT2D eigenvalue weighted by molar-refractivity contribution is 8.00. The van der Waals surface area contributed by atoms with Gasteiger partial charge in [-0.05, 0) is 37.1 Å². The molecule has 198 valence electrons. The number of amides is 1. The number of benzene rings is 2. The second-order valence-electron chi connectivity index (χ2n) is 9.49. The number of carbonyl (C=O) groups excluding carboxylic acids is 1. The van der Waals surface area contributed by atoms with Crippen molar-refractivity contribution in [1.82, 2.24) is 20.2 Å². The Morgan fingerprint density at radius 1 is 1.13 bits per heavy atom. The van der Waals surface area contributed by atoms with Crippen molar-refractivity contribution in [2.24, 2.45) is 11.7 Å². The Hall–Kier alpha value is -3.99. The molecule has 1 aliphatic rings. The summed E-state index contributed by atoms with van der Waals surface area (Å²) in [5.74, 6) is 1.46. The molecule has 1 amide bonds. The smallest absolute Gasteiger partial charge is 0.231 e. The predicted octanol–water partition coefficient (Wildman–Crippen LogP) is 5.05. The van der Waals surface area contributed by atoms with Crippen LogP contribution in [-0.2, 0) is 4.79 Å². The third-order valence-electron chi connectivity index (χ3n) is 6.51. The van der Waals surface area contributed by atoms with E-state index >= 15 is 0 Å². The molecule has 3 heterocycles. The summed E-state index contributed by atoms with van der Waals surface area (Å²) in [6.45, 7) is 5.89. The molecule has 0 spiro atoms. The molecule has 2 aromatic heterocycles. The minimum Gasteiger partial charge on any atom is -0.494 e. The van der Waals surface area contributed by atoms with Crippen molar-refractivity contribution in [3.63, 3.8) is 0 Å². The van der Waals surface area contributed by atoms with Crippen LogP contribution in [0.2, 0.25) is 0 Å². The number of nitrogens with one attached hydrogen (secondary N) is 3. The Morgan fingerprint density at radius 2 is 1.92 bits per heavy atom. The second-order valence-corrected chi connectivity index (χ2v) is 11.1. The summed E-state index contributed by atoms with van der Waals surface area (Å²) in [6, 6.07) is 14.1. The molecule has 0 bridgehead atoms. The first kappa shape index (κ1) is 25.7. The molecular weight excluding hydrogens is 500 g/mol. The highest BCUT2D eigenvalue weighted by atomic mass is 32.2. The number of fused-ring (bicyclic) bond motifs is 1. The number of piperidine rings is 1. The lowest BCUT2D eigenvalue weighted by atomic mass is 9.96. The Balaban J connectivity index is 1.40. The van der Waals surface area contributed by atoms with Gasteiger partial charge < -0.3 is 26.0 Å². The van der Waals surface area contributed by atoms with Gasteiger partial charge in [0.2, 0.25) is 11.9 Å². The third-order valence-corrected chi connectivity index (χ3v) is 7.59. The zero-order valence-corrected chi connectivity index (χ0v) is 22.5. The van der Waals surface area contributed by atoms with E-state index in [1.165, 1.54) is 0 Å². The maximum absolute atomic E-state index is 11.5. The Morgan fingerprint density at radius 3 is 2.66 bits per heavy atom. The standard InChI is InChI=1S/C27H32N8O2S/c1-16(2)38-23-7-5-4-6-21(23)30-25-19-15-29-34-26(19)33-27(32-25)31-20-9-8-18(14-22(20)37-3)35-12-10-17(11-13-35)24(28)36/h4-9,14-17H,10-13H2,1-3H3,(H2,28,36)(H3,29,30,31,32,33,34). The Labute approximate surface area is 225 Å². The Kier molecular flexibility index (Phi) is 7.54. The summed E-state index contributed by atoms with van der Waals surface area (Å²) in [7, 11) is 1.64. The number of hydrogen-bond acceptors (Lipinski definition) is 9. The van der Waals surface area contributed by atoms with Gasteiger partial charge in [-0.2, -0.15) is 15.1 Å². The van der Waals surface area contributed by atoms with Crippen molar-refractivity contribution in [2.75, 3.05) is 35.7 Å². The zero-order valence-electron chi connectivity index (χ0n) is 21.7. The van der Waals surface area contributed by atoms with E-state index in [4.69, 9.17) is 15.5 Å². The highest BCUT2D eigenvalue weighted by Gasteiger charge is 2.24. The monoisotopic (exact) mass is 532 g/mol. The van der Waals surface area contributed by atoms with E-state index in [2.05, 4.69) is 50.6 Å². The minimum absolute atomic E-state index is 0.0534. The number of methoxy groups -OCH3 is 1. The van der Waals surface area contributed by atoms with Crippen molar-refractivity contribution in [3.8, 4) is 5.75 Å². The summed E-state index contributed by atoms with van der Waals surface area (Å²) < 4.78 is 5.70. The number of hydrogen-bond donors (Lipinski definition) is 4. The number of ether oxygens (including phenoxy) is 1. The van der Waals surface area contributed by atoms with Gasteiger partial charge in [0, 0.05) is 40.9 Å². The van der Waals surface area contributed by atoms with Crippen molar-refractivity contribution in [1.29, 1.82) is 0 Å². The van der Waals surface area contributed by atoms with Crippen LogP contribution in [0.1, 0.15) is 26.7 Å². The maximum Gasteiger partial charge on any atom is 0.231 e. The molecule has 0 atom stereocenters. The molecule has 10 nitrogen and oxygen atoms in total. The lowest BCUT2D eigenvalue weighted by molar-refractivity contribution is -0.122. The number of nitrogens with zero attached hydrogens (tertiary/aromatic N) is 4. The van der Waals surface area contributed by atoms with Crippen LogP contribution in [0.4, 0.5) is 28.8 Å². The average Bonchev–Trinajstić information content (AvgIpc) is 3.39. The molecule has 0 unspecified atom stereocenters. The van der Waals surface area contributed by atoms with Crippen molar-refractivity contribution < 1.29 is 9.53 Å². The van der Waals surface area contributed by atoms with Gasteiger partial charge >= 0.3 is 0 Å². The van der Waals surface area contributed by atoms with Gasteiger partial charge in [0.15, 0.2) is 5.65 Å². The van der Waals surface area contributed by atoms with Crippen LogP contribution in [0, 0.1) is 5.92 Å². The summed E-state index contributed by atoms with van der Waals surface area (Å²) in [6.07, 6.45) is 3.23. The number of H-pyrrole nitrogens is 1. The van der Waals surface area contributed by atoms with Gasteiger partial charge in [-0.1, -0.05) is 26.0 Å². The summed E-state index contributed by atoms with van der Waals surface area (Å²) >= 11 is 1.79. The molecule has 4 aromatic rings. The van der Waals surface area contributed by atoms with E-state index in [9.17, 15) is 4.79 Å². The molecule has 0 aliphatic carbocycles. The van der Waals surface area contributed by atoms with Crippen molar-refractivity contribution >= 4 is 57.5 Å². The third kappa shape index (κ3) is 5.62. The zero-order chi connectivity index (χ0) is 26.6. The van der Waals surface area contributed by atoms with E-state index in [-0.39, 0.29) is 11.8 Å². The number of anilines is 5. The van der Waals surface area contributed by atoms with E-state index < -0.39 is 0 Å². The lowest BCUT2D eigenvalue weighted by Gasteiger charge is -2.32. The summed E-state index contributed by atoms with van der Waals surface area (Å²) in [5, 5.41) is 15.2. The van der Waals surface area contributed by atoms with Gasteiger partial charge in [-0.25, -0.2) is 0 Å². The normalized spacial score (nSPS) is 14.2. The fourth-order valence-corrected chi connectivity index (χ4v) is 5.47. The average molecular weight is 533 g/mol. The molecule has 0 radical (unpaired) electrons. The van der Waals surface area contributed by atoms with Crippen LogP contribution in [0.3, 0.4) is 0 Å². The molecule has 5 N–H and O–H groups in total. The largest absolute Gasteiger partial charge is 0.494 e. The summed E-state index contributed by atoms with van der Waals surface area (Å²) in [4.78, 5) is 24.3. The fraction of sp³-hybridized carbons (Fsp3) is 0.333. The van der Waals surface area contributed by atoms with Crippen LogP contribution >= 0.6 is 11.8 Å². The highest BCUT2D eigenvalue weighted by Crippen LogP contribution is 2.36. The molecule has 1 saturated heterocycles. The number of thioether (sulfide) groups is 1. The number of nitrogens with two attached hydrogens (primary N) is 1. The number of para-hydroxylation sites is 1. The van der Waals surface area contributed by atoms with E-state index in [0.29, 0.717) is 28.4 Å². The molecule has 2 aromatic carbocycles. The number of rotatable bonds is 9. The molecule has 5 rings (SSSR count). The van der Waals surface area contributed by atoms with Gasteiger partial charge in [0.05, 0.1) is 30.1 Å². The fourth-order valence-electron chi connectivity index (χ4n) is 4.56. The number of aromatic amines is 1. The van der Waals surface area contributed by atoms with Gasteiger partial charge in [-0.15, -0.1) is 11.8 Å². The maximum atomic E-state index is 11.5. The Bertz CT molecular complexity index is 1430. The number of carbonyl (C=O) groups is 1. The SMILES string of the molecule is COc1cc(N2CCC(C(N)=O)CC2)ccc1Nc1nc(Nc2ccccc2SC(C)C)c2cn[nH]c2n1. The second kappa shape index (κ2) is 11.2. The van der Waals surface area contributed by atoms with Crippen LogP contribution < -0.4 is 26.0 Å². The van der Waals surface area contributed by atoms with Gasteiger partial charge in [-0.3, -0.25) is 9.89 Å². The first-order valence-electron chi connectivity index (χ1n) is 12.6. The number of primary amides is 1. The molecule has 1 fully saturated rings. The van der Waals surface area contributed by atoms with E-state index in [1.807, 2.05) is 36.4 Å². The quantitative estimate of drug-likeness (QED) is 0.218. The first-order chi connectivity index (χ1) is 18.4. The van der Waals surface area contributed by atoms with Gasteiger partial charge in [0.25, 0.3) is 0 Å². The van der Waals surface area contributed by atoms with Crippen LogP contribution in [0.5, 0.6) is 5.75 Å². The van der Waals surface area contributed by atoms with Crippen LogP contribution in [0.15, 0.2) is 53.6 Å². The predicted molar refractivity (Wildman–Crippen MR) is 153 cm³/mol. The molecular formula is C27H32N8O2S. The van der Waals surface area contributed by atoms with Crippen molar-refractivity contribution in [3.05, 3.63) is 48.7 Å². The molecule has 11 heteroatoms. The van der Waals surface area contributed by atoms with Crippen molar-refractivity contribution in [2.45, 2.75) is 36.8 Å². The van der Waals surface area contributed by atoms with Crippen LogP contribution in [-0.4, -0.2) is 51.5 Å². The molecule has 38 heavy (non-hydrogen) atoms. The van der Waals surface area contributed by atoms with Gasteiger partial charge in [0.1, 0.15) is 11.6 Å². The molecule has 0 saturated carbocycles. The topological polar surface area (TPSA) is 134 Å². The lowest BCUT2D eigenvalue weighted by Crippen LogP contribution is -2.38. The van der Waals surface area contributed by atoms with E-state index in [1.54, 1.807) is 25.1 Å². The first-order valence-corrected chi connectivity index (χ1v) is 13.5. The van der Waals surface area contributed by atoms with Crippen LogP contribution in [0.25, 0.3) is 11.0 Å². The minimum atomic E-state index is -0.216.